The van der Waals surface area contributed by atoms with E-state index in [-0.39, 0.29) is 5.56 Å². The lowest BCUT2D eigenvalue weighted by Gasteiger charge is -1.99. The van der Waals surface area contributed by atoms with E-state index >= 15 is 0 Å². The first-order chi connectivity index (χ1) is 5.81. The average molecular weight is 184 g/mol. The Balaban J connectivity index is 2.59. The van der Waals surface area contributed by atoms with E-state index < -0.39 is 0 Å². The number of hydrogen-bond donors (Lipinski definition) is 1. The molecule has 0 fully saturated rings. The van der Waals surface area contributed by atoms with Crippen LogP contribution in [0.2, 0.25) is 0 Å². The number of hydrogen-bond acceptors (Lipinski definition) is 4. The lowest BCUT2D eigenvalue weighted by Crippen LogP contribution is -2.12. The fourth-order valence-electron chi connectivity index (χ4n) is 1.15. The zero-order valence-electron chi connectivity index (χ0n) is 6.59. The lowest BCUT2D eigenvalue weighted by atomic mass is 10.3. The zero-order chi connectivity index (χ0) is 8.55. The van der Waals surface area contributed by atoms with E-state index in [0.717, 1.165) is 22.8 Å². The lowest BCUT2D eigenvalue weighted by molar-refractivity contribution is 0.375. The van der Waals surface area contributed by atoms with Crippen LogP contribution in [0.15, 0.2) is 9.69 Å². The average Bonchev–Trinajstić information content (AvgIpc) is 2.52. The van der Waals surface area contributed by atoms with Crippen molar-refractivity contribution < 1.29 is 4.74 Å². The van der Waals surface area contributed by atoms with Gasteiger partial charge in [-0.3, -0.25) is 9.78 Å². The molecule has 0 radical (unpaired) electrons. The Morgan fingerprint density at radius 3 is 3.25 bits per heavy atom. The van der Waals surface area contributed by atoms with Crippen molar-refractivity contribution in [2.45, 2.75) is 11.3 Å². The van der Waals surface area contributed by atoms with Gasteiger partial charge in [0.2, 0.25) is 0 Å². The number of methoxy groups -OCH3 is 1. The number of aryl methyl sites for hydroxylation is 1. The number of rotatable bonds is 1. The van der Waals surface area contributed by atoms with E-state index in [0.29, 0.717) is 6.01 Å². The van der Waals surface area contributed by atoms with E-state index in [1.165, 1.54) is 7.11 Å². The molecule has 0 saturated carbocycles. The molecule has 1 N–H and O–H groups in total. The Bertz CT molecular complexity index is 361. The molecule has 64 valence electrons. The second-order valence-corrected chi connectivity index (χ2v) is 3.55. The Hall–Kier alpha value is -0.970. The highest BCUT2D eigenvalue weighted by Crippen LogP contribution is 2.26. The van der Waals surface area contributed by atoms with Crippen molar-refractivity contribution in [3.05, 3.63) is 16.0 Å². The first kappa shape index (κ1) is 7.67. The molecule has 0 bridgehead atoms. The van der Waals surface area contributed by atoms with Gasteiger partial charge in [0, 0.05) is 12.2 Å². The number of nitrogens with one attached hydrogen (secondary N) is 1. The van der Waals surface area contributed by atoms with Crippen LogP contribution in [-0.2, 0) is 6.42 Å². The van der Waals surface area contributed by atoms with Crippen molar-refractivity contribution in [1.82, 2.24) is 9.97 Å². The summed E-state index contributed by atoms with van der Waals surface area (Å²) in [4.78, 5) is 18.7. The highest BCUT2D eigenvalue weighted by molar-refractivity contribution is 7.99. The van der Waals surface area contributed by atoms with Gasteiger partial charge in [-0.1, -0.05) is 0 Å². The van der Waals surface area contributed by atoms with Crippen LogP contribution in [-0.4, -0.2) is 22.8 Å². The Morgan fingerprint density at radius 1 is 1.67 bits per heavy atom. The summed E-state index contributed by atoms with van der Waals surface area (Å²) in [6.45, 7) is 0. The minimum absolute atomic E-state index is 0.0839. The maximum Gasteiger partial charge on any atom is 0.296 e. The van der Waals surface area contributed by atoms with Gasteiger partial charge in [0.15, 0.2) is 0 Å². The Kier molecular flexibility index (Phi) is 1.80. The molecule has 0 aliphatic carbocycles. The standard InChI is InChI=1S/C7H8N2O2S/c1-11-7-8-4-2-3-12-5(4)6(10)9-7/h2-3H2,1H3,(H,8,9,10). The molecule has 2 rings (SSSR count). The molecular formula is C7H8N2O2S. The van der Waals surface area contributed by atoms with Crippen molar-refractivity contribution in [2.24, 2.45) is 0 Å². The van der Waals surface area contributed by atoms with Crippen LogP contribution < -0.4 is 10.3 Å². The summed E-state index contributed by atoms with van der Waals surface area (Å²) in [5.74, 6) is 0.943. The van der Waals surface area contributed by atoms with Crippen LogP contribution in [0, 0.1) is 0 Å². The third-order valence-corrected chi connectivity index (χ3v) is 2.82. The summed E-state index contributed by atoms with van der Waals surface area (Å²) in [7, 11) is 1.49. The number of ether oxygens (including phenoxy) is 1. The molecule has 0 amide bonds. The van der Waals surface area contributed by atoms with Crippen LogP contribution >= 0.6 is 11.8 Å². The summed E-state index contributed by atoms with van der Waals surface area (Å²) >= 11 is 1.55. The number of thioether (sulfide) groups is 1. The molecule has 0 saturated heterocycles. The highest BCUT2D eigenvalue weighted by atomic mass is 32.2. The Morgan fingerprint density at radius 2 is 2.50 bits per heavy atom. The van der Waals surface area contributed by atoms with Crippen molar-refractivity contribution in [3.63, 3.8) is 0 Å². The second-order valence-electron chi connectivity index (χ2n) is 2.45. The number of aromatic nitrogens is 2. The molecule has 2 heterocycles. The van der Waals surface area contributed by atoms with Gasteiger partial charge in [0.25, 0.3) is 11.6 Å². The van der Waals surface area contributed by atoms with Crippen molar-refractivity contribution in [2.75, 3.05) is 12.9 Å². The summed E-state index contributed by atoms with van der Waals surface area (Å²) in [5, 5.41) is 0. The molecule has 1 aliphatic heterocycles. The molecule has 1 aromatic heterocycles. The molecule has 12 heavy (non-hydrogen) atoms. The van der Waals surface area contributed by atoms with Gasteiger partial charge in [0.05, 0.1) is 17.7 Å². The Labute approximate surface area is 73.4 Å². The van der Waals surface area contributed by atoms with Gasteiger partial charge >= 0.3 is 0 Å². The minimum Gasteiger partial charge on any atom is -0.468 e. The largest absolute Gasteiger partial charge is 0.468 e. The maximum absolute atomic E-state index is 11.3. The van der Waals surface area contributed by atoms with E-state index in [2.05, 4.69) is 9.97 Å². The number of H-pyrrole nitrogens is 1. The van der Waals surface area contributed by atoms with Crippen LogP contribution in [0.25, 0.3) is 0 Å². The van der Waals surface area contributed by atoms with Gasteiger partial charge in [-0.15, -0.1) is 11.8 Å². The topological polar surface area (TPSA) is 55.0 Å². The quantitative estimate of drug-likeness (QED) is 0.687. The smallest absolute Gasteiger partial charge is 0.296 e. The third kappa shape index (κ3) is 1.10. The molecule has 0 aromatic carbocycles. The zero-order valence-corrected chi connectivity index (χ0v) is 7.40. The summed E-state index contributed by atoms with van der Waals surface area (Å²) in [6, 6.07) is 0.307. The monoisotopic (exact) mass is 184 g/mol. The molecule has 0 atom stereocenters. The van der Waals surface area contributed by atoms with Crippen LogP contribution in [0.4, 0.5) is 0 Å². The van der Waals surface area contributed by atoms with E-state index in [9.17, 15) is 4.79 Å². The number of fused-ring (bicyclic) bond motifs is 1. The second kappa shape index (κ2) is 2.82. The molecule has 5 heteroatoms. The normalized spacial score (nSPS) is 14.4. The first-order valence-electron chi connectivity index (χ1n) is 3.61. The highest BCUT2D eigenvalue weighted by Gasteiger charge is 2.17. The SMILES string of the molecule is COc1nc2c(c(=O)[nH]1)SCC2. The van der Waals surface area contributed by atoms with Crippen LogP contribution in [0.1, 0.15) is 5.69 Å². The van der Waals surface area contributed by atoms with E-state index in [1.807, 2.05) is 0 Å². The summed E-state index contributed by atoms with van der Waals surface area (Å²) in [5.41, 5.74) is 0.778. The molecular weight excluding hydrogens is 176 g/mol. The van der Waals surface area contributed by atoms with Gasteiger partial charge < -0.3 is 4.74 Å². The number of aromatic amines is 1. The van der Waals surface area contributed by atoms with Crippen LogP contribution in [0.3, 0.4) is 0 Å². The fourth-order valence-corrected chi connectivity index (χ4v) is 2.15. The van der Waals surface area contributed by atoms with Gasteiger partial charge in [0.1, 0.15) is 0 Å². The van der Waals surface area contributed by atoms with Gasteiger partial charge in [-0.2, -0.15) is 0 Å². The fraction of sp³-hybridized carbons (Fsp3) is 0.429. The van der Waals surface area contributed by atoms with Gasteiger partial charge in [-0.25, -0.2) is 4.98 Å². The molecule has 1 aliphatic rings. The summed E-state index contributed by atoms with van der Waals surface area (Å²) in [6.07, 6.45) is 0.861. The third-order valence-electron chi connectivity index (χ3n) is 1.70. The van der Waals surface area contributed by atoms with Crippen molar-refractivity contribution in [3.8, 4) is 6.01 Å². The minimum atomic E-state index is -0.0839. The van der Waals surface area contributed by atoms with Crippen molar-refractivity contribution >= 4 is 11.8 Å². The molecule has 0 spiro atoms. The number of nitrogens with zero attached hydrogens (tertiary/aromatic N) is 1. The summed E-state index contributed by atoms with van der Waals surface area (Å²) < 4.78 is 4.84. The molecule has 1 aromatic rings. The molecule has 0 unspecified atom stereocenters. The van der Waals surface area contributed by atoms with Gasteiger partial charge in [-0.05, 0) is 0 Å². The van der Waals surface area contributed by atoms with E-state index in [1.54, 1.807) is 11.8 Å². The predicted octanol–water partition coefficient (Wildman–Crippen LogP) is 0.427. The van der Waals surface area contributed by atoms with E-state index in [4.69, 9.17) is 4.74 Å². The molecule has 4 nitrogen and oxygen atoms in total. The maximum atomic E-state index is 11.3. The predicted molar refractivity (Wildman–Crippen MR) is 45.8 cm³/mol. The van der Waals surface area contributed by atoms with Crippen molar-refractivity contribution in [1.29, 1.82) is 0 Å². The van der Waals surface area contributed by atoms with Crippen LogP contribution in [0.5, 0.6) is 6.01 Å². The first-order valence-corrected chi connectivity index (χ1v) is 4.60.